The zero-order chi connectivity index (χ0) is 13.4. The van der Waals surface area contributed by atoms with E-state index in [-0.39, 0.29) is 6.04 Å². The van der Waals surface area contributed by atoms with Gasteiger partial charge in [-0.15, -0.1) is 0 Å². The maximum atomic E-state index is 6.40. The van der Waals surface area contributed by atoms with Crippen LogP contribution in [0.4, 0.5) is 0 Å². The summed E-state index contributed by atoms with van der Waals surface area (Å²) in [7, 11) is 1.72. The van der Waals surface area contributed by atoms with Gasteiger partial charge in [0.15, 0.2) is 0 Å². The van der Waals surface area contributed by atoms with Gasteiger partial charge in [0, 0.05) is 12.1 Å². The predicted octanol–water partition coefficient (Wildman–Crippen LogP) is 2.36. The molecule has 1 aliphatic rings. The van der Waals surface area contributed by atoms with Crippen LogP contribution in [0.2, 0.25) is 0 Å². The maximum Gasteiger partial charge on any atom is 0.124 e. The summed E-state index contributed by atoms with van der Waals surface area (Å²) in [6.07, 6.45) is 2.09. The SMILES string of the molecule is COc1c(C)cc(C(N)C2CC(N)C2)c(C)c1C. The van der Waals surface area contributed by atoms with Crippen molar-refractivity contribution in [3.05, 3.63) is 28.3 Å². The van der Waals surface area contributed by atoms with E-state index < -0.39 is 0 Å². The fourth-order valence-corrected chi connectivity index (χ4v) is 3.01. The second-order valence-electron chi connectivity index (χ2n) is 5.58. The molecule has 0 spiro atoms. The molecule has 0 amide bonds. The van der Waals surface area contributed by atoms with Gasteiger partial charge in [-0.1, -0.05) is 6.07 Å². The Hall–Kier alpha value is -1.06. The van der Waals surface area contributed by atoms with Crippen molar-refractivity contribution in [2.75, 3.05) is 7.11 Å². The van der Waals surface area contributed by atoms with Gasteiger partial charge in [-0.3, -0.25) is 0 Å². The summed E-state index contributed by atoms with van der Waals surface area (Å²) in [5.41, 5.74) is 17.1. The molecule has 0 radical (unpaired) electrons. The lowest BCUT2D eigenvalue weighted by Gasteiger charge is -2.37. The van der Waals surface area contributed by atoms with E-state index in [1.807, 2.05) is 0 Å². The Labute approximate surface area is 110 Å². The minimum absolute atomic E-state index is 0.105. The minimum Gasteiger partial charge on any atom is -0.496 e. The summed E-state index contributed by atoms with van der Waals surface area (Å²) >= 11 is 0. The average molecular weight is 248 g/mol. The van der Waals surface area contributed by atoms with E-state index in [4.69, 9.17) is 16.2 Å². The molecule has 1 unspecified atom stereocenters. The number of ether oxygens (including phenoxy) is 1. The molecule has 100 valence electrons. The van der Waals surface area contributed by atoms with E-state index in [2.05, 4.69) is 26.8 Å². The number of nitrogens with two attached hydrogens (primary N) is 2. The lowest BCUT2D eigenvalue weighted by Crippen LogP contribution is -2.41. The van der Waals surface area contributed by atoms with Crippen LogP contribution < -0.4 is 16.2 Å². The zero-order valence-corrected chi connectivity index (χ0v) is 11.8. The second-order valence-corrected chi connectivity index (χ2v) is 5.58. The molecule has 1 aliphatic carbocycles. The van der Waals surface area contributed by atoms with Gasteiger partial charge >= 0.3 is 0 Å². The first kappa shape index (κ1) is 13.4. The molecule has 3 nitrogen and oxygen atoms in total. The van der Waals surface area contributed by atoms with Crippen molar-refractivity contribution in [2.45, 2.75) is 45.7 Å². The standard InChI is InChI=1S/C15H24N2O/c1-8-5-13(9(2)10(3)15(8)18-4)14(17)11-6-12(16)7-11/h5,11-12,14H,6-7,16-17H2,1-4H3. The fraction of sp³-hybridized carbons (Fsp3) is 0.600. The highest BCUT2D eigenvalue weighted by Gasteiger charge is 2.32. The van der Waals surface area contributed by atoms with E-state index in [1.165, 1.54) is 16.7 Å². The molecule has 2 rings (SSSR count). The lowest BCUT2D eigenvalue weighted by molar-refractivity contribution is 0.223. The Kier molecular flexibility index (Phi) is 3.64. The average Bonchev–Trinajstić information content (AvgIpc) is 2.29. The molecule has 0 aliphatic heterocycles. The normalized spacial score (nSPS) is 24.6. The van der Waals surface area contributed by atoms with Crippen molar-refractivity contribution < 1.29 is 4.74 Å². The highest BCUT2D eigenvalue weighted by Crippen LogP contribution is 2.39. The van der Waals surface area contributed by atoms with Gasteiger partial charge in [-0.05, 0) is 61.8 Å². The van der Waals surface area contributed by atoms with Gasteiger partial charge in [-0.2, -0.15) is 0 Å². The Bertz CT molecular complexity index is 450. The first-order valence-corrected chi connectivity index (χ1v) is 6.61. The maximum absolute atomic E-state index is 6.40. The van der Waals surface area contributed by atoms with E-state index in [1.54, 1.807) is 7.11 Å². The highest BCUT2D eigenvalue weighted by molar-refractivity contribution is 5.50. The summed E-state index contributed by atoms with van der Waals surface area (Å²) in [5, 5.41) is 0. The van der Waals surface area contributed by atoms with E-state index in [0.717, 1.165) is 24.2 Å². The van der Waals surface area contributed by atoms with Gasteiger partial charge in [0.2, 0.25) is 0 Å². The summed E-state index contributed by atoms with van der Waals surface area (Å²) in [4.78, 5) is 0. The van der Waals surface area contributed by atoms with Crippen molar-refractivity contribution in [2.24, 2.45) is 17.4 Å². The molecule has 18 heavy (non-hydrogen) atoms. The van der Waals surface area contributed by atoms with Crippen molar-refractivity contribution in [1.82, 2.24) is 0 Å². The number of rotatable bonds is 3. The summed E-state index contributed by atoms with van der Waals surface area (Å²) in [6.45, 7) is 6.31. The number of aryl methyl sites for hydroxylation is 1. The molecule has 0 heterocycles. The third-order valence-corrected chi connectivity index (χ3v) is 4.35. The molecule has 4 N–H and O–H groups in total. The van der Waals surface area contributed by atoms with Gasteiger partial charge in [-0.25, -0.2) is 0 Å². The zero-order valence-electron chi connectivity index (χ0n) is 11.8. The Balaban J connectivity index is 2.33. The molecular formula is C15H24N2O. The molecule has 1 saturated carbocycles. The fourth-order valence-electron chi connectivity index (χ4n) is 3.01. The first-order chi connectivity index (χ1) is 8.45. The van der Waals surface area contributed by atoms with Crippen molar-refractivity contribution >= 4 is 0 Å². The Morgan fingerprint density at radius 2 is 1.83 bits per heavy atom. The number of hydrogen-bond donors (Lipinski definition) is 2. The summed E-state index contributed by atoms with van der Waals surface area (Å²) in [5.74, 6) is 1.51. The van der Waals surface area contributed by atoms with Crippen molar-refractivity contribution in [1.29, 1.82) is 0 Å². The topological polar surface area (TPSA) is 61.3 Å². The van der Waals surface area contributed by atoms with Crippen LogP contribution in [0.25, 0.3) is 0 Å². The molecule has 1 aromatic rings. The Morgan fingerprint density at radius 1 is 1.22 bits per heavy atom. The van der Waals surface area contributed by atoms with Crippen LogP contribution in [0.3, 0.4) is 0 Å². The highest BCUT2D eigenvalue weighted by atomic mass is 16.5. The van der Waals surface area contributed by atoms with E-state index >= 15 is 0 Å². The van der Waals surface area contributed by atoms with Crippen molar-refractivity contribution in [3.63, 3.8) is 0 Å². The predicted molar refractivity (Wildman–Crippen MR) is 74.8 cm³/mol. The second kappa shape index (κ2) is 4.90. The van der Waals surface area contributed by atoms with Gasteiger partial charge < -0.3 is 16.2 Å². The number of benzene rings is 1. The third kappa shape index (κ3) is 2.13. The summed E-state index contributed by atoms with van der Waals surface area (Å²) in [6, 6.07) is 2.63. The molecule has 1 fully saturated rings. The van der Waals surface area contributed by atoms with Crippen LogP contribution in [-0.4, -0.2) is 13.2 Å². The molecule has 0 aromatic heterocycles. The number of hydrogen-bond acceptors (Lipinski definition) is 3. The van der Waals surface area contributed by atoms with Crippen LogP contribution in [0.15, 0.2) is 6.07 Å². The summed E-state index contributed by atoms with van der Waals surface area (Å²) < 4.78 is 5.45. The largest absolute Gasteiger partial charge is 0.496 e. The monoisotopic (exact) mass is 248 g/mol. The quantitative estimate of drug-likeness (QED) is 0.863. The molecule has 1 aromatic carbocycles. The van der Waals surface area contributed by atoms with Crippen LogP contribution >= 0.6 is 0 Å². The van der Waals surface area contributed by atoms with Crippen LogP contribution in [0.5, 0.6) is 5.75 Å². The van der Waals surface area contributed by atoms with E-state index in [9.17, 15) is 0 Å². The minimum atomic E-state index is 0.105. The molecule has 0 saturated heterocycles. The molecular weight excluding hydrogens is 224 g/mol. The molecule has 1 atom stereocenters. The third-order valence-electron chi connectivity index (χ3n) is 4.35. The van der Waals surface area contributed by atoms with Crippen LogP contribution in [-0.2, 0) is 0 Å². The molecule has 3 heteroatoms. The van der Waals surface area contributed by atoms with E-state index in [0.29, 0.717) is 12.0 Å². The van der Waals surface area contributed by atoms with Gasteiger partial charge in [0.25, 0.3) is 0 Å². The smallest absolute Gasteiger partial charge is 0.124 e. The van der Waals surface area contributed by atoms with Crippen LogP contribution in [0, 0.1) is 26.7 Å². The molecule has 0 bridgehead atoms. The first-order valence-electron chi connectivity index (χ1n) is 6.61. The van der Waals surface area contributed by atoms with Gasteiger partial charge in [0.1, 0.15) is 5.75 Å². The van der Waals surface area contributed by atoms with Gasteiger partial charge in [0.05, 0.1) is 7.11 Å². The lowest BCUT2D eigenvalue weighted by atomic mass is 9.73. The van der Waals surface area contributed by atoms with Crippen LogP contribution in [0.1, 0.15) is 41.1 Å². The Morgan fingerprint density at radius 3 is 2.33 bits per heavy atom. The number of methoxy groups -OCH3 is 1. The van der Waals surface area contributed by atoms with Crippen molar-refractivity contribution in [3.8, 4) is 5.75 Å².